The Morgan fingerprint density at radius 1 is 1.08 bits per heavy atom. The van der Waals surface area contributed by atoms with E-state index in [-0.39, 0.29) is 35.2 Å². The van der Waals surface area contributed by atoms with Crippen molar-refractivity contribution in [1.29, 1.82) is 0 Å². The van der Waals surface area contributed by atoms with Crippen molar-refractivity contribution in [2.75, 3.05) is 0 Å². The largest absolute Gasteiger partial charge is 0.480 e. The second kappa shape index (κ2) is 5.74. The van der Waals surface area contributed by atoms with Gasteiger partial charge in [-0.25, -0.2) is 0 Å². The number of carbonyl (C=O) groups is 3. The van der Waals surface area contributed by atoms with Crippen LogP contribution in [-0.2, 0) is 21.5 Å². The lowest BCUT2D eigenvalue weighted by molar-refractivity contribution is -0.157. The van der Waals surface area contributed by atoms with Gasteiger partial charge >= 0.3 is 11.9 Å². The third kappa shape index (κ3) is 2.28. The first kappa shape index (κ1) is 17.2. The number of aliphatic carboxylic acids is 2. The quantitative estimate of drug-likeness (QED) is 0.644. The molecule has 0 unspecified atom stereocenters. The molecule has 7 heteroatoms. The minimum absolute atomic E-state index is 0.0257. The number of hydrogen-bond acceptors (Lipinski definition) is 3. The first-order valence-electron chi connectivity index (χ1n) is 7.69. The molecule has 1 aliphatic rings. The molecule has 2 heterocycles. The number of rotatable bonds is 4. The van der Waals surface area contributed by atoms with Gasteiger partial charge in [-0.3, -0.25) is 14.4 Å². The van der Waals surface area contributed by atoms with Crippen LogP contribution < -0.4 is 0 Å². The lowest BCUT2D eigenvalue weighted by atomic mass is 9.83. The number of carbonyl (C=O) groups excluding carboxylic acids is 1. The zero-order valence-electron chi connectivity index (χ0n) is 13.7. The molecule has 130 valence electrons. The Morgan fingerprint density at radius 3 is 2.16 bits per heavy atom. The Labute approximate surface area is 148 Å². The van der Waals surface area contributed by atoms with Crippen LogP contribution >= 0.6 is 11.6 Å². The smallest absolute Gasteiger partial charge is 0.327 e. The van der Waals surface area contributed by atoms with Gasteiger partial charge in [0.2, 0.25) is 11.2 Å². The van der Waals surface area contributed by atoms with Crippen LogP contribution in [0.5, 0.6) is 0 Å². The highest BCUT2D eigenvalue weighted by atomic mass is 35.5. The lowest BCUT2D eigenvalue weighted by Crippen LogP contribution is -2.42. The van der Waals surface area contributed by atoms with Gasteiger partial charge in [0.15, 0.2) is 0 Å². The topological polar surface area (TPSA) is 96.6 Å². The van der Waals surface area contributed by atoms with Crippen molar-refractivity contribution in [1.82, 2.24) is 4.57 Å². The Morgan fingerprint density at radius 2 is 1.64 bits per heavy atom. The van der Waals surface area contributed by atoms with Crippen molar-refractivity contribution in [2.24, 2.45) is 0 Å². The molecule has 0 amide bonds. The summed E-state index contributed by atoms with van der Waals surface area (Å²) in [5.41, 5.74) is -0.0753. The Kier molecular flexibility index (Phi) is 3.95. The zero-order valence-corrected chi connectivity index (χ0v) is 14.4. The summed E-state index contributed by atoms with van der Waals surface area (Å²) in [6.07, 6.45) is -0.152. The van der Waals surface area contributed by atoms with Crippen LogP contribution in [0.4, 0.5) is 0 Å². The Hall–Kier alpha value is -2.60. The first-order chi connectivity index (χ1) is 11.7. The third-order valence-corrected chi connectivity index (χ3v) is 5.27. The van der Waals surface area contributed by atoms with Gasteiger partial charge in [0.1, 0.15) is 0 Å². The standard InChI is InChI=1S/C18H16ClNO5/c1-9-3-5-11(6-4-9)14(21)13-10(2)12(19)15-18(16(22)23,17(24)25)7-8-20(13)15/h3-6H,7-8H2,1-2H3,(H,22,23)(H,24,25). The van der Waals surface area contributed by atoms with Crippen molar-refractivity contribution in [3.05, 3.63) is 57.4 Å². The molecule has 0 atom stereocenters. The number of halogens is 1. The molecule has 0 bridgehead atoms. The van der Waals surface area contributed by atoms with Gasteiger partial charge in [-0.15, -0.1) is 0 Å². The predicted molar refractivity (Wildman–Crippen MR) is 90.4 cm³/mol. The van der Waals surface area contributed by atoms with Gasteiger partial charge in [0, 0.05) is 12.1 Å². The normalized spacial score (nSPS) is 15.0. The highest BCUT2D eigenvalue weighted by Gasteiger charge is 2.56. The van der Waals surface area contributed by atoms with Crippen LogP contribution in [0.3, 0.4) is 0 Å². The van der Waals surface area contributed by atoms with Crippen molar-refractivity contribution < 1.29 is 24.6 Å². The summed E-state index contributed by atoms with van der Waals surface area (Å²) < 4.78 is 1.45. The van der Waals surface area contributed by atoms with E-state index in [1.165, 1.54) is 4.57 Å². The number of aryl methyl sites for hydroxylation is 1. The van der Waals surface area contributed by atoms with E-state index in [1.54, 1.807) is 31.2 Å². The molecule has 0 spiro atoms. The van der Waals surface area contributed by atoms with Crippen molar-refractivity contribution in [3.63, 3.8) is 0 Å². The van der Waals surface area contributed by atoms with Gasteiger partial charge in [0.05, 0.1) is 16.4 Å². The molecule has 3 rings (SSSR count). The van der Waals surface area contributed by atoms with E-state index in [1.807, 2.05) is 6.92 Å². The van der Waals surface area contributed by atoms with E-state index in [9.17, 15) is 24.6 Å². The van der Waals surface area contributed by atoms with Crippen LogP contribution in [0, 0.1) is 13.8 Å². The van der Waals surface area contributed by atoms with Crippen LogP contribution in [0.15, 0.2) is 24.3 Å². The van der Waals surface area contributed by atoms with E-state index in [4.69, 9.17) is 11.6 Å². The second-order valence-electron chi connectivity index (χ2n) is 6.25. The molecule has 0 fully saturated rings. The summed E-state index contributed by atoms with van der Waals surface area (Å²) >= 11 is 6.29. The summed E-state index contributed by atoms with van der Waals surface area (Å²) in [5.74, 6) is -3.27. The number of aromatic nitrogens is 1. The Bertz CT molecular complexity index is 897. The number of ketones is 1. The second-order valence-corrected chi connectivity index (χ2v) is 6.63. The summed E-state index contributed by atoms with van der Waals surface area (Å²) in [4.78, 5) is 36.4. The van der Waals surface area contributed by atoms with E-state index < -0.39 is 17.4 Å². The van der Waals surface area contributed by atoms with E-state index >= 15 is 0 Å². The molecule has 6 nitrogen and oxygen atoms in total. The third-order valence-electron chi connectivity index (χ3n) is 4.81. The van der Waals surface area contributed by atoms with Gasteiger partial charge in [-0.2, -0.15) is 0 Å². The van der Waals surface area contributed by atoms with Crippen LogP contribution in [0.2, 0.25) is 5.02 Å². The predicted octanol–water partition coefficient (Wildman–Crippen LogP) is 2.80. The van der Waals surface area contributed by atoms with E-state index in [2.05, 4.69) is 0 Å². The first-order valence-corrected chi connectivity index (χ1v) is 8.06. The minimum atomic E-state index is -2.13. The molecule has 25 heavy (non-hydrogen) atoms. The summed E-state index contributed by atoms with van der Waals surface area (Å²) in [7, 11) is 0. The lowest BCUT2D eigenvalue weighted by Gasteiger charge is -2.18. The summed E-state index contributed by atoms with van der Waals surface area (Å²) in [6.45, 7) is 3.61. The minimum Gasteiger partial charge on any atom is -0.480 e. The van der Waals surface area contributed by atoms with Crippen molar-refractivity contribution in [2.45, 2.75) is 32.2 Å². The molecule has 1 aromatic carbocycles. The van der Waals surface area contributed by atoms with Crippen LogP contribution in [0.25, 0.3) is 0 Å². The molecule has 0 radical (unpaired) electrons. The molecule has 0 aliphatic carbocycles. The molecule has 1 aliphatic heterocycles. The van der Waals surface area contributed by atoms with Crippen molar-refractivity contribution in [3.8, 4) is 0 Å². The number of carboxylic acid groups (broad SMARTS) is 2. The zero-order chi connectivity index (χ0) is 18.5. The monoisotopic (exact) mass is 361 g/mol. The van der Waals surface area contributed by atoms with E-state index in [0.717, 1.165) is 5.56 Å². The van der Waals surface area contributed by atoms with Gasteiger partial charge in [0.25, 0.3) is 0 Å². The number of nitrogens with zero attached hydrogens (tertiary/aromatic N) is 1. The maximum atomic E-state index is 12.9. The number of benzene rings is 1. The average molecular weight is 362 g/mol. The van der Waals surface area contributed by atoms with Gasteiger partial charge in [-0.05, 0) is 25.8 Å². The maximum absolute atomic E-state index is 12.9. The fourth-order valence-corrected chi connectivity index (χ4v) is 3.75. The summed E-state index contributed by atoms with van der Waals surface area (Å²) in [5, 5.41) is 19.1. The molecule has 0 saturated heterocycles. The van der Waals surface area contributed by atoms with Gasteiger partial charge < -0.3 is 14.8 Å². The molecule has 0 saturated carbocycles. The number of carboxylic acids is 2. The highest BCUT2D eigenvalue weighted by molar-refractivity contribution is 6.34. The number of hydrogen-bond donors (Lipinski definition) is 2. The summed E-state index contributed by atoms with van der Waals surface area (Å²) in [6, 6.07) is 6.97. The Balaban J connectivity index is 2.22. The molecule has 2 N–H and O–H groups in total. The fraction of sp³-hybridized carbons (Fsp3) is 0.278. The number of fused-ring (bicyclic) bond motifs is 1. The fourth-order valence-electron chi connectivity index (χ4n) is 3.40. The highest BCUT2D eigenvalue weighted by Crippen LogP contribution is 2.44. The van der Waals surface area contributed by atoms with Crippen LogP contribution in [0.1, 0.15) is 39.3 Å². The SMILES string of the molecule is Cc1ccc(C(=O)c2c(C)c(Cl)c3n2CCC3(C(=O)O)C(=O)O)cc1. The maximum Gasteiger partial charge on any atom is 0.327 e. The molecule has 1 aromatic heterocycles. The van der Waals surface area contributed by atoms with E-state index in [0.29, 0.717) is 11.1 Å². The van der Waals surface area contributed by atoms with Crippen LogP contribution in [-0.4, -0.2) is 32.5 Å². The molecular weight excluding hydrogens is 346 g/mol. The van der Waals surface area contributed by atoms with Gasteiger partial charge in [-0.1, -0.05) is 41.4 Å². The average Bonchev–Trinajstić information content (AvgIpc) is 3.06. The molecule has 2 aromatic rings. The molecular formula is C18H16ClNO5. The van der Waals surface area contributed by atoms with Crippen molar-refractivity contribution >= 4 is 29.3 Å².